The number of nitrogen functional groups attached to an aromatic ring is 1. The molecule has 1 aliphatic rings. The van der Waals surface area contributed by atoms with Crippen LogP contribution >= 0.6 is 0 Å². The van der Waals surface area contributed by atoms with E-state index >= 15 is 0 Å². The topological polar surface area (TPSA) is 139 Å². The van der Waals surface area contributed by atoms with Crippen molar-refractivity contribution in [3.05, 3.63) is 83.9 Å². The lowest BCUT2D eigenvalue weighted by atomic mass is 9.94. The summed E-state index contributed by atoms with van der Waals surface area (Å²) in [5.41, 5.74) is 7.10. The molecule has 1 aliphatic heterocycles. The Labute approximate surface area is 221 Å². The van der Waals surface area contributed by atoms with Crippen LogP contribution in [0.15, 0.2) is 77.7 Å². The summed E-state index contributed by atoms with van der Waals surface area (Å²) < 4.78 is 69.0. The summed E-state index contributed by atoms with van der Waals surface area (Å²) in [5.74, 6) is -1.21. The molecule has 3 aromatic rings. The van der Waals surface area contributed by atoms with E-state index < -0.39 is 32.2 Å². The molecule has 0 atom stereocenters. The fourth-order valence-corrected chi connectivity index (χ4v) is 6.31. The highest BCUT2D eigenvalue weighted by atomic mass is 32.2. The third-order valence-electron chi connectivity index (χ3n) is 6.60. The van der Waals surface area contributed by atoms with Crippen molar-refractivity contribution in [2.75, 3.05) is 18.8 Å². The number of nitrogens with two attached hydrogens (primary N) is 1. The van der Waals surface area contributed by atoms with Crippen LogP contribution in [0.2, 0.25) is 0 Å². The molecule has 4 rings (SSSR count). The van der Waals surface area contributed by atoms with Gasteiger partial charge in [0.15, 0.2) is 14.6 Å². The number of ether oxygens (including phenoxy) is 1. The average Bonchev–Trinajstić information content (AvgIpc) is 2.92. The number of nitrogens with one attached hydrogen (secondary N) is 1. The number of piperidine rings is 1. The standard InChI is InChI=1S/C26H24F3N3O6S/c27-26(28,29)18-3-7-20(8-4-18)38-21-9-11-22(12-10-21)39(36,37)25(24(34)31-35)13-15-32(16-14-25)23(33)17-1-5-19(30)6-2-17/h1-12,35H,13-16,30H2,(H,31,34). The summed E-state index contributed by atoms with van der Waals surface area (Å²) in [6, 6.07) is 15.2. The van der Waals surface area contributed by atoms with Gasteiger partial charge >= 0.3 is 6.18 Å². The molecular weight excluding hydrogens is 539 g/mol. The molecule has 1 heterocycles. The number of carbonyl (C=O) groups is 2. The van der Waals surface area contributed by atoms with Gasteiger partial charge in [-0.3, -0.25) is 14.8 Å². The Balaban J connectivity index is 1.52. The van der Waals surface area contributed by atoms with Crippen LogP contribution in [0.1, 0.15) is 28.8 Å². The van der Waals surface area contributed by atoms with Gasteiger partial charge in [-0.15, -0.1) is 0 Å². The van der Waals surface area contributed by atoms with Crippen molar-refractivity contribution >= 4 is 27.3 Å². The van der Waals surface area contributed by atoms with E-state index in [9.17, 15) is 36.4 Å². The van der Waals surface area contributed by atoms with Crippen molar-refractivity contribution < 1.29 is 41.1 Å². The van der Waals surface area contributed by atoms with Gasteiger partial charge in [-0.1, -0.05) is 0 Å². The minimum Gasteiger partial charge on any atom is -0.457 e. The lowest BCUT2D eigenvalue weighted by molar-refractivity contribution is -0.137. The Bertz CT molecular complexity index is 1450. The van der Waals surface area contributed by atoms with E-state index in [1.165, 1.54) is 34.6 Å². The summed E-state index contributed by atoms with van der Waals surface area (Å²) in [6.45, 7) is -0.129. The number of alkyl halides is 3. The number of nitrogens with zero attached hydrogens (tertiary/aromatic N) is 1. The number of amides is 2. The normalized spacial score (nSPS) is 15.4. The molecule has 3 aromatic carbocycles. The van der Waals surface area contributed by atoms with Gasteiger partial charge < -0.3 is 15.4 Å². The van der Waals surface area contributed by atoms with Gasteiger partial charge in [-0.25, -0.2) is 13.9 Å². The minimum atomic E-state index is -4.50. The highest BCUT2D eigenvalue weighted by molar-refractivity contribution is 7.93. The van der Waals surface area contributed by atoms with E-state index in [1.54, 1.807) is 24.3 Å². The molecule has 39 heavy (non-hydrogen) atoms. The van der Waals surface area contributed by atoms with Crippen molar-refractivity contribution in [2.45, 2.75) is 28.7 Å². The number of sulfone groups is 1. The second-order valence-electron chi connectivity index (χ2n) is 8.95. The molecule has 9 nitrogen and oxygen atoms in total. The van der Waals surface area contributed by atoms with Crippen molar-refractivity contribution in [1.29, 1.82) is 0 Å². The van der Waals surface area contributed by atoms with Gasteiger partial charge in [-0.05, 0) is 85.6 Å². The fourth-order valence-electron chi connectivity index (χ4n) is 4.36. The second-order valence-corrected chi connectivity index (χ2v) is 11.2. The van der Waals surface area contributed by atoms with E-state index in [4.69, 9.17) is 10.5 Å². The molecular formula is C26H24F3N3O6S. The molecule has 0 saturated carbocycles. The Kier molecular flexibility index (Phi) is 7.57. The highest BCUT2D eigenvalue weighted by Gasteiger charge is 2.53. The van der Waals surface area contributed by atoms with Crippen LogP contribution in [0.4, 0.5) is 18.9 Å². The molecule has 0 spiro atoms. The zero-order valence-corrected chi connectivity index (χ0v) is 21.1. The first kappa shape index (κ1) is 27.9. The molecule has 4 N–H and O–H groups in total. The Hall–Kier alpha value is -4.10. The molecule has 0 aromatic heterocycles. The van der Waals surface area contributed by atoms with Crippen LogP contribution in [-0.4, -0.2) is 48.2 Å². The van der Waals surface area contributed by atoms with Gasteiger partial charge in [0.05, 0.1) is 10.5 Å². The molecule has 0 aliphatic carbocycles. The van der Waals surface area contributed by atoms with E-state index in [-0.39, 0.29) is 48.2 Å². The number of benzene rings is 3. The summed E-state index contributed by atoms with van der Waals surface area (Å²) in [7, 11) is -4.37. The Morgan fingerprint density at radius 1 is 0.897 bits per heavy atom. The number of hydroxylamine groups is 1. The molecule has 1 saturated heterocycles. The lowest BCUT2D eigenvalue weighted by Gasteiger charge is -2.39. The number of likely N-dealkylation sites (tertiary alicyclic amines) is 1. The number of carbonyl (C=O) groups excluding carboxylic acids is 2. The minimum absolute atomic E-state index is 0.0645. The van der Waals surface area contributed by atoms with E-state index in [2.05, 4.69) is 0 Å². The largest absolute Gasteiger partial charge is 0.457 e. The lowest BCUT2D eigenvalue weighted by Crippen LogP contribution is -2.58. The van der Waals surface area contributed by atoms with E-state index in [1.807, 2.05) is 0 Å². The maximum atomic E-state index is 13.7. The Morgan fingerprint density at radius 3 is 1.90 bits per heavy atom. The SMILES string of the molecule is Nc1ccc(C(=O)N2CCC(C(=O)NO)(S(=O)(=O)c3ccc(Oc4ccc(C(F)(F)F)cc4)cc3)CC2)cc1. The Morgan fingerprint density at radius 2 is 1.41 bits per heavy atom. The predicted molar refractivity (Wildman–Crippen MR) is 134 cm³/mol. The van der Waals surface area contributed by atoms with Crippen LogP contribution in [0, 0.1) is 0 Å². The third kappa shape index (κ3) is 5.54. The van der Waals surface area contributed by atoms with Crippen LogP contribution in [0.25, 0.3) is 0 Å². The van der Waals surface area contributed by atoms with Gasteiger partial charge in [0.25, 0.3) is 11.8 Å². The van der Waals surface area contributed by atoms with E-state index in [0.29, 0.717) is 11.3 Å². The zero-order valence-electron chi connectivity index (χ0n) is 20.3. The van der Waals surface area contributed by atoms with Gasteiger partial charge in [0.2, 0.25) is 0 Å². The van der Waals surface area contributed by atoms with Crippen molar-refractivity contribution in [3.63, 3.8) is 0 Å². The van der Waals surface area contributed by atoms with Crippen LogP contribution in [0.3, 0.4) is 0 Å². The number of anilines is 1. The smallest absolute Gasteiger partial charge is 0.416 e. The molecule has 13 heteroatoms. The van der Waals surface area contributed by atoms with Crippen molar-refractivity contribution in [1.82, 2.24) is 10.4 Å². The highest BCUT2D eigenvalue weighted by Crippen LogP contribution is 2.37. The van der Waals surface area contributed by atoms with Crippen molar-refractivity contribution in [3.8, 4) is 11.5 Å². The number of hydrogen-bond acceptors (Lipinski definition) is 7. The summed E-state index contributed by atoms with van der Waals surface area (Å²) in [4.78, 5) is 26.8. The summed E-state index contributed by atoms with van der Waals surface area (Å²) in [5, 5.41) is 9.37. The molecule has 2 amide bonds. The first-order valence-electron chi connectivity index (χ1n) is 11.7. The van der Waals surface area contributed by atoms with Crippen molar-refractivity contribution in [2.24, 2.45) is 0 Å². The number of rotatable bonds is 6. The maximum Gasteiger partial charge on any atom is 0.416 e. The number of halogens is 3. The molecule has 0 bridgehead atoms. The first-order chi connectivity index (χ1) is 18.4. The summed E-state index contributed by atoms with van der Waals surface area (Å²) in [6.07, 6.45) is -5.04. The first-order valence-corrected chi connectivity index (χ1v) is 13.1. The van der Waals surface area contributed by atoms with Crippen LogP contribution < -0.4 is 16.0 Å². The third-order valence-corrected chi connectivity index (χ3v) is 9.11. The van der Waals surface area contributed by atoms with Gasteiger partial charge in [0, 0.05) is 24.3 Å². The van der Waals surface area contributed by atoms with E-state index in [0.717, 1.165) is 24.3 Å². The molecule has 206 valence electrons. The van der Waals surface area contributed by atoms with Crippen LogP contribution in [0.5, 0.6) is 11.5 Å². The quantitative estimate of drug-likeness (QED) is 0.234. The molecule has 0 unspecified atom stereocenters. The fraction of sp³-hybridized carbons (Fsp3) is 0.231. The maximum absolute atomic E-state index is 13.7. The predicted octanol–water partition coefficient (Wildman–Crippen LogP) is 4.03. The van der Waals surface area contributed by atoms with Gasteiger partial charge in [-0.2, -0.15) is 13.2 Å². The number of hydrogen-bond donors (Lipinski definition) is 3. The van der Waals surface area contributed by atoms with Gasteiger partial charge in [0.1, 0.15) is 11.5 Å². The summed E-state index contributed by atoms with van der Waals surface area (Å²) >= 11 is 0. The second kappa shape index (κ2) is 10.6. The zero-order chi connectivity index (χ0) is 28.4. The average molecular weight is 564 g/mol. The van der Waals surface area contributed by atoms with Crippen LogP contribution in [-0.2, 0) is 20.8 Å². The monoisotopic (exact) mass is 563 g/mol. The molecule has 0 radical (unpaired) electrons. The molecule has 1 fully saturated rings.